The predicted molar refractivity (Wildman–Crippen MR) is 94.9 cm³/mol. The third-order valence-electron chi connectivity index (χ3n) is 3.91. The number of benzene rings is 2. The Morgan fingerprint density at radius 1 is 0.913 bits per heavy atom. The third-order valence-corrected chi connectivity index (χ3v) is 4.41. The molecular weight excluding hydrogens is 333 g/mol. The van der Waals surface area contributed by atoms with Crippen LogP contribution in [0.15, 0.2) is 48.5 Å². The Morgan fingerprint density at radius 2 is 1.39 bits per heavy atom. The number of hydrogen-bond acceptors (Lipinski definition) is 3. The van der Waals surface area contributed by atoms with E-state index in [0.29, 0.717) is 23.1 Å². The van der Waals surface area contributed by atoms with E-state index < -0.39 is 6.10 Å². The van der Waals surface area contributed by atoms with E-state index in [1.807, 2.05) is 48.2 Å². The summed E-state index contributed by atoms with van der Waals surface area (Å²) in [5.41, 5.74) is 1.73. The molecule has 2 aromatic rings. The molecule has 0 unspecified atom stereocenters. The molecule has 0 bridgehead atoms. The summed E-state index contributed by atoms with van der Waals surface area (Å²) >= 11 is 11.9. The normalized spacial score (nSPS) is 14.0. The molecule has 0 saturated heterocycles. The van der Waals surface area contributed by atoms with Gasteiger partial charge >= 0.3 is 0 Å². The summed E-state index contributed by atoms with van der Waals surface area (Å²) in [4.78, 5) is 2.04. The lowest BCUT2D eigenvalue weighted by molar-refractivity contribution is 0.0404. The van der Waals surface area contributed by atoms with Crippen LogP contribution in [0.4, 0.5) is 0 Å². The van der Waals surface area contributed by atoms with E-state index in [9.17, 15) is 10.2 Å². The van der Waals surface area contributed by atoms with Crippen LogP contribution in [0.1, 0.15) is 30.2 Å². The minimum Gasteiger partial charge on any atom is -0.395 e. The molecular formula is C18H21Cl2NO2. The van der Waals surface area contributed by atoms with Gasteiger partial charge in [-0.1, -0.05) is 54.4 Å². The molecule has 2 aromatic carbocycles. The van der Waals surface area contributed by atoms with Gasteiger partial charge in [0.1, 0.15) is 0 Å². The van der Waals surface area contributed by atoms with Crippen molar-refractivity contribution in [2.75, 3.05) is 19.7 Å². The molecule has 5 heteroatoms. The number of hydrogen-bond donors (Lipinski definition) is 2. The number of nitrogens with zero attached hydrogens (tertiary/aromatic N) is 1. The maximum Gasteiger partial charge on any atom is 0.0986 e. The predicted octanol–water partition coefficient (Wildman–Crippen LogP) is 4.08. The molecule has 124 valence electrons. The first-order valence-electron chi connectivity index (χ1n) is 7.60. The topological polar surface area (TPSA) is 43.7 Å². The van der Waals surface area contributed by atoms with Crippen LogP contribution in [0.3, 0.4) is 0 Å². The van der Waals surface area contributed by atoms with Gasteiger partial charge < -0.3 is 10.2 Å². The summed E-state index contributed by atoms with van der Waals surface area (Å²) < 4.78 is 0. The zero-order valence-corrected chi connectivity index (χ0v) is 14.5. The molecule has 0 aliphatic heterocycles. The minimum atomic E-state index is -0.736. The first-order valence-corrected chi connectivity index (χ1v) is 8.36. The molecule has 0 aromatic heterocycles. The second kappa shape index (κ2) is 8.67. The van der Waals surface area contributed by atoms with E-state index in [1.54, 1.807) is 12.1 Å². The Labute approximate surface area is 147 Å². The Morgan fingerprint density at radius 3 is 1.83 bits per heavy atom. The van der Waals surface area contributed by atoms with Crippen LogP contribution < -0.4 is 0 Å². The molecule has 0 spiro atoms. The van der Waals surface area contributed by atoms with Crippen LogP contribution >= 0.6 is 23.2 Å². The van der Waals surface area contributed by atoms with Crippen LogP contribution in [-0.4, -0.2) is 34.8 Å². The van der Waals surface area contributed by atoms with E-state index in [0.717, 1.165) is 11.1 Å². The number of aliphatic hydroxyl groups is 2. The van der Waals surface area contributed by atoms with E-state index in [1.165, 1.54) is 0 Å². The van der Waals surface area contributed by atoms with Crippen molar-refractivity contribution in [3.63, 3.8) is 0 Å². The molecule has 0 amide bonds. The van der Waals surface area contributed by atoms with Gasteiger partial charge in [0.25, 0.3) is 0 Å². The third kappa shape index (κ3) is 4.69. The van der Waals surface area contributed by atoms with Crippen LogP contribution in [0.2, 0.25) is 10.0 Å². The van der Waals surface area contributed by atoms with Crippen molar-refractivity contribution >= 4 is 23.2 Å². The van der Waals surface area contributed by atoms with Crippen molar-refractivity contribution < 1.29 is 10.2 Å². The van der Waals surface area contributed by atoms with Gasteiger partial charge in [-0.3, -0.25) is 4.90 Å². The van der Waals surface area contributed by atoms with Crippen LogP contribution in [0, 0.1) is 0 Å². The van der Waals surface area contributed by atoms with Crippen molar-refractivity contribution in [1.29, 1.82) is 0 Å². The SMILES string of the molecule is CCN(CCO)[C@@H](c1ccc(Cl)cc1)[C@H](O)c1ccc(Cl)cc1. The fourth-order valence-corrected chi connectivity index (χ4v) is 2.97. The molecule has 0 aliphatic carbocycles. The van der Waals surface area contributed by atoms with Crippen LogP contribution in [-0.2, 0) is 0 Å². The van der Waals surface area contributed by atoms with Gasteiger partial charge in [0, 0.05) is 16.6 Å². The maximum atomic E-state index is 10.9. The molecule has 0 fully saturated rings. The highest BCUT2D eigenvalue weighted by molar-refractivity contribution is 6.30. The molecule has 23 heavy (non-hydrogen) atoms. The summed E-state index contributed by atoms with van der Waals surface area (Å²) in [6.45, 7) is 3.23. The van der Waals surface area contributed by atoms with Gasteiger partial charge in [-0.05, 0) is 41.9 Å². The number of likely N-dealkylation sites (N-methyl/N-ethyl adjacent to an activating group) is 1. The van der Waals surface area contributed by atoms with Crippen molar-refractivity contribution in [3.8, 4) is 0 Å². The lowest BCUT2D eigenvalue weighted by atomic mass is 9.94. The van der Waals surface area contributed by atoms with Crippen molar-refractivity contribution in [2.45, 2.75) is 19.1 Å². The van der Waals surface area contributed by atoms with Crippen molar-refractivity contribution in [1.82, 2.24) is 4.90 Å². The second-order valence-corrected chi connectivity index (χ2v) is 6.22. The second-order valence-electron chi connectivity index (χ2n) is 5.34. The largest absolute Gasteiger partial charge is 0.395 e. The Kier molecular flexibility index (Phi) is 6.88. The first kappa shape index (κ1) is 18.2. The summed E-state index contributed by atoms with van der Waals surface area (Å²) in [7, 11) is 0. The molecule has 3 nitrogen and oxygen atoms in total. The summed E-state index contributed by atoms with van der Waals surface area (Å²) in [6.07, 6.45) is -0.736. The number of aliphatic hydroxyl groups excluding tert-OH is 2. The molecule has 2 N–H and O–H groups in total. The highest BCUT2D eigenvalue weighted by Crippen LogP contribution is 2.34. The quantitative estimate of drug-likeness (QED) is 0.787. The monoisotopic (exact) mass is 353 g/mol. The molecule has 0 radical (unpaired) electrons. The molecule has 0 aliphatic rings. The first-order chi connectivity index (χ1) is 11.1. The molecule has 2 rings (SSSR count). The number of halogens is 2. The van der Waals surface area contributed by atoms with Crippen molar-refractivity contribution in [3.05, 3.63) is 69.7 Å². The van der Waals surface area contributed by atoms with Gasteiger partial charge in [-0.25, -0.2) is 0 Å². The lowest BCUT2D eigenvalue weighted by Crippen LogP contribution is -2.35. The Bertz CT molecular complexity index is 601. The highest BCUT2D eigenvalue weighted by atomic mass is 35.5. The zero-order chi connectivity index (χ0) is 16.8. The lowest BCUT2D eigenvalue weighted by Gasteiger charge is -2.34. The van der Waals surface area contributed by atoms with E-state index in [2.05, 4.69) is 0 Å². The average molecular weight is 354 g/mol. The van der Waals surface area contributed by atoms with Crippen LogP contribution in [0.25, 0.3) is 0 Å². The highest BCUT2D eigenvalue weighted by Gasteiger charge is 2.27. The van der Waals surface area contributed by atoms with E-state index >= 15 is 0 Å². The minimum absolute atomic E-state index is 0.0330. The average Bonchev–Trinajstić information content (AvgIpc) is 2.56. The van der Waals surface area contributed by atoms with Gasteiger partial charge in [-0.15, -0.1) is 0 Å². The Balaban J connectivity index is 2.38. The van der Waals surface area contributed by atoms with Gasteiger partial charge in [0.05, 0.1) is 18.8 Å². The maximum absolute atomic E-state index is 10.9. The molecule has 2 atom stereocenters. The van der Waals surface area contributed by atoms with Gasteiger partial charge in [0.15, 0.2) is 0 Å². The van der Waals surface area contributed by atoms with E-state index in [4.69, 9.17) is 23.2 Å². The zero-order valence-electron chi connectivity index (χ0n) is 13.0. The van der Waals surface area contributed by atoms with Crippen LogP contribution in [0.5, 0.6) is 0 Å². The molecule has 0 heterocycles. The molecule has 0 saturated carbocycles. The summed E-state index contributed by atoms with van der Waals surface area (Å²) in [5, 5.41) is 21.5. The smallest absolute Gasteiger partial charge is 0.0986 e. The fourth-order valence-electron chi connectivity index (χ4n) is 2.72. The fraction of sp³-hybridized carbons (Fsp3) is 0.333. The standard InChI is InChI=1S/C18H21Cl2NO2/c1-2-21(11-12-22)17(13-3-7-15(19)8-4-13)18(23)14-5-9-16(20)10-6-14/h3-10,17-18,22-23H,2,11-12H2,1H3/t17-,18+/m0/s1. The van der Waals surface area contributed by atoms with Gasteiger partial charge in [0.2, 0.25) is 0 Å². The van der Waals surface area contributed by atoms with Crippen molar-refractivity contribution in [2.24, 2.45) is 0 Å². The summed E-state index contributed by atoms with van der Waals surface area (Å²) in [5.74, 6) is 0. The summed E-state index contributed by atoms with van der Waals surface area (Å²) in [6, 6.07) is 14.3. The van der Waals surface area contributed by atoms with E-state index in [-0.39, 0.29) is 12.6 Å². The Hall–Kier alpha value is -1.10. The number of rotatable bonds is 7. The van der Waals surface area contributed by atoms with Gasteiger partial charge in [-0.2, -0.15) is 0 Å².